The predicted molar refractivity (Wildman–Crippen MR) is 108 cm³/mol. The number of fused-ring (bicyclic) bond motifs is 2. The molecule has 0 saturated carbocycles. The average Bonchev–Trinajstić information content (AvgIpc) is 3.31. The van der Waals surface area contributed by atoms with Gasteiger partial charge in [0, 0.05) is 17.9 Å². The maximum atomic E-state index is 13.2. The van der Waals surface area contributed by atoms with Crippen molar-refractivity contribution in [1.29, 1.82) is 0 Å². The van der Waals surface area contributed by atoms with E-state index < -0.39 is 0 Å². The van der Waals surface area contributed by atoms with Crippen LogP contribution in [0.1, 0.15) is 48.3 Å². The molecule has 1 N–H and O–H groups in total. The third-order valence-corrected chi connectivity index (χ3v) is 5.52. The van der Waals surface area contributed by atoms with E-state index in [1.54, 1.807) is 4.52 Å². The molecule has 4 heterocycles. The number of likely N-dealkylation sites (tertiary alicyclic amines) is 1. The van der Waals surface area contributed by atoms with E-state index in [4.69, 9.17) is 4.98 Å². The zero-order chi connectivity index (χ0) is 20.0. The van der Waals surface area contributed by atoms with Gasteiger partial charge in [-0.1, -0.05) is 12.1 Å². The summed E-state index contributed by atoms with van der Waals surface area (Å²) in [7, 11) is 0. The largest absolute Gasteiger partial charge is 0.340 e. The number of amides is 1. The lowest BCUT2D eigenvalue weighted by Crippen LogP contribution is -2.40. The molecule has 4 aromatic rings. The molecule has 0 bridgehead atoms. The van der Waals surface area contributed by atoms with Gasteiger partial charge >= 0.3 is 0 Å². The molecule has 8 nitrogen and oxygen atoms in total. The Hall–Kier alpha value is -3.29. The van der Waals surface area contributed by atoms with Gasteiger partial charge in [-0.2, -0.15) is 4.98 Å². The molecule has 1 saturated heterocycles. The van der Waals surface area contributed by atoms with E-state index in [0.717, 1.165) is 54.1 Å². The predicted octanol–water partition coefficient (Wildman–Crippen LogP) is 2.91. The maximum Gasteiger partial charge on any atom is 0.252 e. The fraction of sp³-hybridized carbons (Fsp3) is 0.381. The first-order valence-corrected chi connectivity index (χ1v) is 10.0. The SMILES string of the molecule is Cc1cc(C)n2nc(CC(=O)N3CCCC[C@@H]3c3nc4ccccc4[nH]3)nc2n1. The number of imidazole rings is 1. The Morgan fingerprint density at radius 2 is 2.03 bits per heavy atom. The van der Waals surface area contributed by atoms with E-state index in [0.29, 0.717) is 11.6 Å². The van der Waals surface area contributed by atoms with Gasteiger partial charge in [0.05, 0.1) is 23.5 Å². The molecule has 1 aromatic carbocycles. The molecule has 0 unspecified atom stereocenters. The maximum absolute atomic E-state index is 13.2. The first-order chi connectivity index (χ1) is 14.1. The summed E-state index contributed by atoms with van der Waals surface area (Å²) < 4.78 is 1.70. The second-order valence-electron chi connectivity index (χ2n) is 7.69. The van der Waals surface area contributed by atoms with Crippen LogP contribution in [-0.2, 0) is 11.2 Å². The fourth-order valence-corrected chi connectivity index (χ4v) is 4.16. The molecule has 148 valence electrons. The number of nitrogens with zero attached hydrogens (tertiary/aromatic N) is 6. The molecule has 8 heteroatoms. The van der Waals surface area contributed by atoms with Crippen molar-refractivity contribution < 1.29 is 4.79 Å². The Kier molecular flexibility index (Phi) is 4.26. The number of aromatic nitrogens is 6. The van der Waals surface area contributed by atoms with Gasteiger partial charge in [-0.25, -0.2) is 14.5 Å². The van der Waals surface area contributed by atoms with Gasteiger partial charge in [0.15, 0.2) is 5.82 Å². The molecular formula is C21H23N7O. The van der Waals surface area contributed by atoms with E-state index >= 15 is 0 Å². The summed E-state index contributed by atoms with van der Waals surface area (Å²) >= 11 is 0. The molecule has 1 aliphatic rings. The molecule has 0 aliphatic carbocycles. The number of aromatic amines is 1. The number of rotatable bonds is 3. The number of hydrogen-bond acceptors (Lipinski definition) is 5. The van der Waals surface area contributed by atoms with Crippen molar-refractivity contribution in [2.45, 2.75) is 45.6 Å². The van der Waals surface area contributed by atoms with Crippen LogP contribution in [0, 0.1) is 13.8 Å². The third-order valence-electron chi connectivity index (χ3n) is 5.52. The van der Waals surface area contributed by atoms with E-state index in [1.165, 1.54) is 0 Å². The average molecular weight is 389 g/mol. The minimum atomic E-state index is -0.0391. The summed E-state index contributed by atoms with van der Waals surface area (Å²) in [6.07, 6.45) is 3.16. The highest BCUT2D eigenvalue weighted by molar-refractivity contribution is 5.79. The topological polar surface area (TPSA) is 92.1 Å². The summed E-state index contributed by atoms with van der Waals surface area (Å²) in [5.41, 5.74) is 3.77. The van der Waals surface area contributed by atoms with Gasteiger partial charge in [-0.05, 0) is 51.3 Å². The second-order valence-corrected chi connectivity index (χ2v) is 7.69. The van der Waals surface area contributed by atoms with Crippen molar-refractivity contribution in [3.8, 4) is 0 Å². The van der Waals surface area contributed by atoms with Crippen LogP contribution in [0.2, 0.25) is 0 Å². The normalized spacial score (nSPS) is 17.3. The molecule has 0 radical (unpaired) electrons. The number of carbonyl (C=O) groups is 1. The zero-order valence-corrected chi connectivity index (χ0v) is 16.6. The summed E-state index contributed by atoms with van der Waals surface area (Å²) in [6, 6.07) is 9.88. The number of benzene rings is 1. The molecule has 1 fully saturated rings. The summed E-state index contributed by atoms with van der Waals surface area (Å²) in [5.74, 6) is 1.93. The number of nitrogens with one attached hydrogen (secondary N) is 1. The lowest BCUT2D eigenvalue weighted by atomic mass is 10.0. The van der Waals surface area contributed by atoms with Crippen LogP contribution >= 0.6 is 0 Å². The van der Waals surface area contributed by atoms with Gasteiger partial charge in [0.1, 0.15) is 5.82 Å². The summed E-state index contributed by atoms with van der Waals surface area (Å²) in [5, 5.41) is 4.49. The van der Waals surface area contributed by atoms with Crippen molar-refractivity contribution in [2.75, 3.05) is 6.54 Å². The van der Waals surface area contributed by atoms with Crippen molar-refractivity contribution in [2.24, 2.45) is 0 Å². The summed E-state index contributed by atoms with van der Waals surface area (Å²) in [4.78, 5) is 32.1. The minimum Gasteiger partial charge on any atom is -0.340 e. The lowest BCUT2D eigenvalue weighted by molar-refractivity contribution is -0.134. The highest BCUT2D eigenvalue weighted by Crippen LogP contribution is 2.31. The van der Waals surface area contributed by atoms with Gasteiger partial charge < -0.3 is 9.88 Å². The zero-order valence-electron chi connectivity index (χ0n) is 16.6. The van der Waals surface area contributed by atoms with Crippen LogP contribution in [0.5, 0.6) is 0 Å². The van der Waals surface area contributed by atoms with E-state index in [1.807, 2.05) is 49.1 Å². The molecule has 1 aliphatic heterocycles. The molecule has 1 amide bonds. The molecule has 3 aromatic heterocycles. The van der Waals surface area contributed by atoms with Crippen LogP contribution in [0.15, 0.2) is 30.3 Å². The summed E-state index contributed by atoms with van der Waals surface area (Å²) in [6.45, 7) is 4.62. The second kappa shape index (κ2) is 6.95. The van der Waals surface area contributed by atoms with Crippen LogP contribution in [0.25, 0.3) is 16.8 Å². The van der Waals surface area contributed by atoms with Crippen molar-refractivity contribution in [3.05, 3.63) is 53.4 Å². The molecule has 29 heavy (non-hydrogen) atoms. The number of hydrogen-bond donors (Lipinski definition) is 1. The van der Waals surface area contributed by atoms with Gasteiger partial charge in [0.2, 0.25) is 5.91 Å². The first kappa shape index (κ1) is 17.8. The Labute approximate surface area is 168 Å². The highest BCUT2D eigenvalue weighted by Gasteiger charge is 2.30. The number of H-pyrrole nitrogens is 1. The van der Waals surface area contributed by atoms with Crippen molar-refractivity contribution in [1.82, 2.24) is 34.4 Å². The molecule has 1 atom stereocenters. The third kappa shape index (κ3) is 3.24. The first-order valence-electron chi connectivity index (χ1n) is 10.0. The standard InChI is InChI=1S/C21H23N7O/c1-13-11-14(2)28-21(22-13)25-18(26-28)12-19(29)27-10-6-5-9-17(27)20-23-15-7-3-4-8-16(15)24-20/h3-4,7-8,11,17H,5-6,9-10,12H2,1-2H3,(H,23,24)/t17-/m1/s1. The smallest absolute Gasteiger partial charge is 0.252 e. The van der Waals surface area contributed by atoms with Crippen LogP contribution in [-0.4, -0.2) is 46.9 Å². The van der Waals surface area contributed by atoms with Crippen LogP contribution in [0.4, 0.5) is 0 Å². The van der Waals surface area contributed by atoms with Gasteiger partial charge in [0.25, 0.3) is 5.78 Å². The van der Waals surface area contributed by atoms with Crippen LogP contribution in [0.3, 0.4) is 0 Å². The number of piperidine rings is 1. The van der Waals surface area contributed by atoms with Crippen molar-refractivity contribution >= 4 is 22.7 Å². The van der Waals surface area contributed by atoms with Crippen LogP contribution < -0.4 is 0 Å². The Bertz CT molecular complexity index is 1180. The van der Waals surface area contributed by atoms with E-state index in [9.17, 15) is 4.79 Å². The van der Waals surface area contributed by atoms with Gasteiger partial charge in [-0.3, -0.25) is 4.79 Å². The highest BCUT2D eigenvalue weighted by atomic mass is 16.2. The Morgan fingerprint density at radius 3 is 2.90 bits per heavy atom. The number of carbonyl (C=O) groups excluding carboxylic acids is 1. The van der Waals surface area contributed by atoms with E-state index in [-0.39, 0.29) is 18.4 Å². The monoisotopic (exact) mass is 389 g/mol. The minimum absolute atomic E-state index is 0.0282. The quantitative estimate of drug-likeness (QED) is 0.582. The number of aryl methyl sites for hydroxylation is 2. The lowest BCUT2D eigenvalue weighted by Gasteiger charge is -2.34. The fourth-order valence-electron chi connectivity index (χ4n) is 4.16. The molecule has 5 rings (SSSR count). The van der Waals surface area contributed by atoms with E-state index in [2.05, 4.69) is 20.1 Å². The Morgan fingerprint density at radius 1 is 1.17 bits per heavy atom. The molecular weight excluding hydrogens is 366 g/mol. The number of para-hydroxylation sites is 2. The van der Waals surface area contributed by atoms with Crippen molar-refractivity contribution in [3.63, 3.8) is 0 Å². The Balaban J connectivity index is 1.42. The van der Waals surface area contributed by atoms with Gasteiger partial charge in [-0.15, -0.1) is 5.10 Å². The molecule has 0 spiro atoms.